The lowest BCUT2D eigenvalue weighted by atomic mass is 10.1. The van der Waals surface area contributed by atoms with Crippen LogP contribution in [-0.2, 0) is 17.9 Å². The molecule has 0 saturated carbocycles. The number of hydrogen-bond donors (Lipinski definition) is 2. The molecule has 0 bridgehead atoms. The van der Waals surface area contributed by atoms with E-state index in [4.69, 9.17) is 15.3 Å². The first kappa shape index (κ1) is 13.7. The van der Waals surface area contributed by atoms with Crippen molar-refractivity contribution in [2.75, 3.05) is 4.90 Å². The molecule has 110 valence electrons. The topological polar surface area (TPSA) is 79.7 Å². The van der Waals surface area contributed by atoms with Crippen LogP contribution in [0.4, 0.5) is 14.5 Å². The van der Waals surface area contributed by atoms with Crippen molar-refractivity contribution >= 4 is 11.6 Å². The maximum Gasteiger partial charge on any atom is 0.249 e. The van der Waals surface area contributed by atoms with E-state index >= 15 is 0 Å². The SMILES string of the molecule is NC1C(=O)N(Cc2ccc(CO)o2)c2cc(F)cc(F)c21. The quantitative estimate of drug-likeness (QED) is 0.901. The Morgan fingerprint density at radius 3 is 2.67 bits per heavy atom. The Morgan fingerprint density at radius 1 is 1.29 bits per heavy atom. The van der Waals surface area contributed by atoms with Crippen LogP contribution in [0, 0.1) is 11.6 Å². The normalized spacial score (nSPS) is 17.4. The van der Waals surface area contributed by atoms with Crippen molar-refractivity contribution in [2.45, 2.75) is 19.2 Å². The van der Waals surface area contributed by atoms with Gasteiger partial charge in [-0.15, -0.1) is 0 Å². The number of rotatable bonds is 3. The summed E-state index contributed by atoms with van der Waals surface area (Å²) in [6.45, 7) is -0.282. The highest BCUT2D eigenvalue weighted by atomic mass is 19.1. The number of aliphatic hydroxyl groups is 1. The number of anilines is 1. The molecule has 1 aliphatic heterocycles. The van der Waals surface area contributed by atoms with Crippen LogP contribution < -0.4 is 10.6 Å². The highest BCUT2D eigenvalue weighted by Crippen LogP contribution is 2.38. The van der Waals surface area contributed by atoms with Gasteiger partial charge in [0, 0.05) is 11.6 Å². The highest BCUT2D eigenvalue weighted by molar-refractivity contribution is 6.04. The van der Waals surface area contributed by atoms with Gasteiger partial charge < -0.3 is 20.2 Å². The van der Waals surface area contributed by atoms with Gasteiger partial charge in [0.2, 0.25) is 5.91 Å². The zero-order chi connectivity index (χ0) is 15.1. The molecule has 1 atom stereocenters. The van der Waals surface area contributed by atoms with E-state index in [9.17, 15) is 13.6 Å². The van der Waals surface area contributed by atoms with Crippen molar-refractivity contribution in [3.63, 3.8) is 0 Å². The Bertz CT molecular complexity index is 714. The highest BCUT2D eigenvalue weighted by Gasteiger charge is 2.38. The van der Waals surface area contributed by atoms with Gasteiger partial charge in [0.1, 0.15) is 35.8 Å². The summed E-state index contributed by atoms with van der Waals surface area (Å²) in [5.41, 5.74) is 5.78. The third-order valence-corrected chi connectivity index (χ3v) is 3.39. The maximum atomic E-state index is 13.8. The number of carbonyl (C=O) groups excluding carboxylic acids is 1. The van der Waals surface area contributed by atoms with Crippen LogP contribution in [0.2, 0.25) is 0 Å². The second-order valence-corrected chi connectivity index (χ2v) is 4.75. The van der Waals surface area contributed by atoms with Crippen molar-refractivity contribution in [1.82, 2.24) is 0 Å². The van der Waals surface area contributed by atoms with Gasteiger partial charge in [-0.05, 0) is 18.2 Å². The summed E-state index contributed by atoms with van der Waals surface area (Å²) < 4.78 is 32.4. The first-order valence-electron chi connectivity index (χ1n) is 6.25. The number of halogens is 2. The molecule has 3 N–H and O–H groups in total. The Kier molecular flexibility index (Phi) is 3.23. The monoisotopic (exact) mass is 294 g/mol. The number of benzene rings is 1. The molecule has 5 nitrogen and oxygen atoms in total. The molecular weight excluding hydrogens is 282 g/mol. The van der Waals surface area contributed by atoms with E-state index in [0.29, 0.717) is 17.6 Å². The summed E-state index contributed by atoms with van der Waals surface area (Å²) in [4.78, 5) is 13.3. The van der Waals surface area contributed by atoms with E-state index in [0.717, 1.165) is 6.07 Å². The fourth-order valence-electron chi connectivity index (χ4n) is 2.42. The molecule has 0 fully saturated rings. The number of aliphatic hydroxyl groups excluding tert-OH is 1. The molecule has 2 heterocycles. The summed E-state index contributed by atoms with van der Waals surface area (Å²) in [6, 6.07) is 3.75. The van der Waals surface area contributed by atoms with Crippen LogP contribution >= 0.6 is 0 Å². The number of nitrogens with two attached hydrogens (primary N) is 1. The minimum absolute atomic E-state index is 0.0115. The molecule has 21 heavy (non-hydrogen) atoms. The average Bonchev–Trinajstić information content (AvgIpc) is 2.98. The summed E-state index contributed by atoms with van der Waals surface area (Å²) in [5.74, 6) is -1.43. The predicted octanol–water partition coefficient (Wildman–Crippen LogP) is 1.60. The van der Waals surface area contributed by atoms with Gasteiger partial charge in [0.15, 0.2) is 0 Å². The molecule has 0 aliphatic carbocycles. The Morgan fingerprint density at radius 2 is 2.00 bits per heavy atom. The van der Waals surface area contributed by atoms with Gasteiger partial charge in [0.05, 0.1) is 12.2 Å². The molecule has 1 aliphatic rings. The molecule has 1 amide bonds. The number of amides is 1. The summed E-state index contributed by atoms with van der Waals surface area (Å²) >= 11 is 0. The fraction of sp³-hybridized carbons (Fsp3) is 0.214. The number of carbonyl (C=O) groups is 1. The first-order chi connectivity index (χ1) is 10.0. The molecule has 0 saturated heterocycles. The molecule has 2 aromatic rings. The van der Waals surface area contributed by atoms with Gasteiger partial charge in [-0.2, -0.15) is 0 Å². The molecule has 0 radical (unpaired) electrons. The van der Waals surface area contributed by atoms with Crippen LogP contribution in [-0.4, -0.2) is 11.0 Å². The Balaban J connectivity index is 1.99. The molecular formula is C14H12F2N2O3. The minimum Gasteiger partial charge on any atom is -0.462 e. The number of fused-ring (bicyclic) bond motifs is 1. The van der Waals surface area contributed by atoms with E-state index < -0.39 is 23.6 Å². The van der Waals surface area contributed by atoms with E-state index in [1.54, 1.807) is 12.1 Å². The van der Waals surface area contributed by atoms with E-state index in [1.165, 1.54) is 4.90 Å². The van der Waals surface area contributed by atoms with Crippen LogP contribution in [0.3, 0.4) is 0 Å². The number of furan rings is 1. The van der Waals surface area contributed by atoms with Crippen LogP contribution in [0.25, 0.3) is 0 Å². The second kappa shape index (κ2) is 4.94. The third kappa shape index (κ3) is 2.20. The number of nitrogens with zero attached hydrogens (tertiary/aromatic N) is 1. The maximum absolute atomic E-state index is 13.8. The molecule has 3 rings (SSSR count). The summed E-state index contributed by atoms with van der Waals surface area (Å²) in [7, 11) is 0. The van der Waals surface area contributed by atoms with E-state index in [-0.39, 0.29) is 24.4 Å². The van der Waals surface area contributed by atoms with Gasteiger partial charge in [-0.25, -0.2) is 8.78 Å². The summed E-state index contributed by atoms with van der Waals surface area (Å²) in [5, 5.41) is 8.94. The van der Waals surface area contributed by atoms with Crippen LogP contribution in [0.1, 0.15) is 23.1 Å². The summed E-state index contributed by atoms with van der Waals surface area (Å²) in [6.07, 6.45) is 0. The Hall–Kier alpha value is -2.25. The van der Waals surface area contributed by atoms with Crippen LogP contribution in [0.15, 0.2) is 28.7 Å². The van der Waals surface area contributed by atoms with Crippen molar-refractivity contribution in [3.05, 3.63) is 53.0 Å². The zero-order valence-electron chi connectivity index (χ0n) is 10.8. The molecule has 1 unspecified atom stereocenters. The molecule has 1 aromatic heterocycles. The Labute approximate surface area is 118 Å². The average molecular weight is 294 g/mol. The number of hydrogen-bond acceptors (Lipinski definition) is 4. The lowest BCUT2D eigenvalue weighted by Crippen LogP contribution is -2.31. The standard InChI is InChI=1S/C14H12F2N2O3/c15-7-3-10(16)12-11(4-7)18(14(20)13(12)17)5-8-1-2-9(6-19)21-8/h1-4,13,19H,5-6,17H2. The lowest BCUT2D eigenvalue weighted by molar-refractivity contribution is -0.119. The fourth-order valence-corrected chi connectivity index (χ4v) is 2.42. The van der Waals surface area contributed by atoms with Gasteiger partial charge in [-0.1, -0.05) is 0 Å². The first-order valence-corrected chi connectivity index (χ1v) is 6.25. The van der Waals surface area contributed by atoms with Gasteiger partial charge in [0.25, 0.3) is 0 Å². The minimum atomic E-state index is -1.16. The van der Waals surface area contributed by atoms with Gasteiger partial charge in [-0.3, -0.25) is 4.79 Å². The zero-order valence-corrected chi connectivity index (χ0v) is 10.8. The smallest absolute Gasteiger partial charge is 0.249 e. The van der Waals surface area contributed by atoms with Crippen molar-refractivity contribution < 1.29 is 23.1 Å². The molecule has 0 spiro atoms. The van der Waals surface area contributed by atoms with Crippen molar-refractivity contribution in [3.8, 4) is 0 Å². The van der Waals surface area contributed by atoms with Crippen molar-refractivity contribution in [2.24, 2.45) is 5.73 Å². The third-order valence-electron chi connectivity index (χ3n) is 3.39. The predicted molar refractivity (Wildman–Crippen MR) is 69.1 cm³/mol. The second-order valence-electron chi connectivity index (χ2n) is 4.75. The lowest BCUT2D eigenvalue weighted by Gasteiger charge is -2.16. The largest absolute Gasteiger partial charge is 0.462 e. The van der Waals surface area contributed by atoms with E-state index in [2.05, 4.69) is 0 Å². The molecule has 7 heteroatoms. The van der Waals surface area contributed by atoms with E-state index in [1.807, 2.05) is 0 Å². The van der Waals surface area contributed by atoms with Crippen molar-refractivity contribution in [1.29, 1.82) is 0 Å². The van der Waals surface area contributed by atoms with Crippen LogP contribution in [0.5, 0.6) is 0 Å². The van der Waals surface area contributed by atoms with Gasteiger partial charge >= 0.3 is 0 Å². The molecule has 1 aromatic carbocycles.